The maximum atomic E-state index is 5.68. The average Bonchev–Trinajstić information content (AvgIpc) is 3.04. The van der Waals surface area contributed by atoms with Crippen LogP contribution in [0.3, 0.4) is 0 Å². The van der Waals surface area contributed by atoms with E-state index in [1.165, 1.54) is 25.7 Å². The lowest BCUT2D eigenvalue weighted by Crippen LogP contribution is -2.42. The van der Waals surface area contributed by atoms with Crippen molar-refractivity contribution in [2.75, 3.05) is 13.2 Å². The molecule has 1 saturated carbocycles. The van der Waals surface area contributed by atoms with Gasteiger partial charge in [0.2, 0.25) is 0 Å². The van der Waals surface area contributed by atoms with Gasteiger partial charge in [0.05, 0.1) is 6.54 Å². The van der Waals surface area contributed by atoms with Crippen molar-refractivity contribution in [3.8, 4) is 5.75 Å². The number of nitrogens with one attached hydrogen (secondary N) is 2. The molecule has 0 unspecified atom stereocenters. The number of nitrogens with zero attached hydrogens (tertiary/aromatic N) is 1. The monoisotopic (exact) mass is 301 g/mol. The smallest absolute Gasteiger partial charge is 0.191 e. The molecule has 0 radical (unpaired) electrons. The van der Waals surface area contributed by atoms with Gasteiger partial charge < -0.3 is 15.4 Å². The molecule has 1 aliphatic rings. The Morgan fingerprint density at radius 2 is 2.14 bits per heavy atom. The largest absolute Gasteiger partial charge is 0.489 e. The van der Waals surface area contributed by atoms with Gasteiger partial charge in [-0.3, -0.25) is 0 Å². The molecule has 0 bridgehead atoms. The summed E-state index contributed by atoms with van der Waals surface area (Å²) in [6.45, 7) is 7.77. The van der Waals surface area contributed by atoms with E-state index in [0.717, 1.165) is 23.8 Å². The fourth-order valence-electron chi connectivity index (χ4n) is 2.67. The Bertz CT molecular complexity index is 493. The molecule has 2 N–H and O–H groups in total. The van der Waals surface area contributed by atoms with E-state index < -0.39 is 0 Å². The van der Waals surface area contributed by atoms with Gasteiger partial charge in [0, 0.05) is 18.2 Å². The fourth-order valence-corrected chi connectivity index (χ4v) is 2.67. The zero-order valence-corrected chi connectivity index (χ0v) is 13.5. The van der Waals surface area contributed by atoms with Crippen LogP contribution in [0.4, 0.5) is 0 Å². The second-order valence-electron chi connectivity index (χ2n) is 5.53. The summed E-state index contributed by atoms with van der Waals surface area (Å²) in [7, 11) is 0. The van der Waals surface area contributed by atoms with Crippen LogP contribution in [-0.4, -0.2) is 25.2 Å². The van der Waals surface area contributed by atoms with Gasteiger partial charge in [-0.15, -0.1) is 0 Å². The highest BCUT2D eigenvalue weighted by Gasteiger charge is 2.15. The lowest BCUT2D eigenvalue weighted by Gasteiger charge is -2.17. The van der Waals surface area contributed by atoms with Gasteiger partial charge in [0.15, 0.2) is 5.96 Å². The number of benzene rings is 1. The molecule has 120 valence electrons. The summed E-state index contributed by atoms with van der Waals surface area (Å²) in [6.07, 6.45) is 6.86. The Morgan fingerprint density at radius 3 is 2.86 bits per heavy atom. The zero-order chi connectivity index (χ0) is 15.6. The maximum Gasteiger partial charge on any atom is 0.191 e. The molecule has 4 heteroatoms. The molecule has 1 aliphatic carbocycles. The molecular weight excluding hydrogens is 274 g/mol. The first-order chi connectivity index (χ1) is 10.8. The van der Waals surface area contributed by atoms with Crippen LogP contribution >= 0.6 is 0 Å². The molecule has 0 spiro atoms. The van der Waals surface area contributed by atoms with Gasteiger partial charge in [0.1, 0.15) is 12.4 Å². The van der Waals surface area contributed by atoms with Crippen LogP contribution in [0.1, 0.15) is 38.2 Å². The zero-order valence-electron chi connectivity index (χ0n) is 13.5. The van der Waals surface area contributed by atoms with Crippen LogP contribution < -0.4 is 15.4 Å². The van der Waals surface area contributed by atoms with Crippen LogP contribution in [0, 0.1) is 0 Å². The van der Waals surface area contributed by atoms with E-state index in [1.807, 2.05) is 18.2 Å². The third-order valence-electron chi connectivity index (χ3n) is 3.78. The predicted molar refractivity (Wildman–Crippen MR) is 92.3 cm³/mol. The Labute approximate surface area is 133 Å². The van der Waals surface area contributed by atoms with Gasteiger partial charge >= 0.3 is 0 Å². The standard InChI is InChI=1S/C18H27N3O/c1-3-13-22-17-12-8-5-9-15(17)14-20-18(19-4-2)21-16-10-6-7-11-16/h3,5,8-9,12,16H,1,4,6-7,10-11,13-14H2,2H3,(H2,19,20,21). The topological polar surface area (TPSA) is 45.6 Å². The van der Waals surface area contributed by atoms with Gasteiger partial charge in [-0.2, -0.15) is 0 Å². The average molecular weight is 301 g/mol. The number of aliphatic imine (C=N–C) groups is 1. The Kier molecular flexibility index (Phi) is 6.81. The first-order valence-corrected chi connectivity index (χ1v) is 8.20. The minimum Gasteiger partial charge on any atom is -0.489 e. The van der Waals surface area contributed by atoms with E-state index in [0.29, 0.717) is 19.2 Å². The maximum absolute atomic E-state index is 5.68. The number of ether oxygens (including phenoxy) is 1. The second-order valence-corrected chi connectivity index (χ2v) is 5.53. The Morgan fingerprint density at radius 1 is 1.36 bits per heavy atom. The van der Waals surface area contributed by atoms with Gasteiger partial charge in [0.25, 0.3) is 0 Å². The van der Waals surface area contributed by atoms with Crippen molar-refractivity contribution >= 4 is 5.96 Å². The van der Waals surface area contributed by atoms with Crippen molar-refractivity contribution in [2.45, 2.75) is 45.2 Å². The quantitative estimate of drug-likeness (QED) is 0.462. The van der Waals surface area contributed by atoms with Gasteiger partial charge in [-0.05, 0) is 25.8 Å². The highest BCUT2D eigenvalue weighted by Crippen LogP contribution is 2.19. The Balaban J connectivity index is 2.01. The van der Waals surface area contributed by atoms with Crippen molar-refractivity contribution in [2.24, 2.45) is 4.99 Å². The third-order valence-corrected chi connectivity index (χ3v) is 3.78. The van der Waals surface area contributed by atoms with Crippen molar-refractivity contribution in [3.63, 3.8) is 0 Å². The van der Waals surface area contributed by atoms with Crippen LogP contribution in [0.15, 0.2) is 41.9 Å². The third kappa shape index (κ3) is 5.10. The number of guanidine groups is 1. The summed E-state index contributed by atoms with van der Waals surface area (Å²) >= 11 is 0. The fraction of sp³-hybridized carbons (Fsp3) is 0.500. The highest BCUT2D eigenvalue weighted by atomic mass is 16.5. The second kappa shape index (κ2) is 9.13. The van der Waals surface area contributed by atoms with E-state index in [9.17, 15) is 0 Å². The molecule has 0 atom stereocenters. The SMILES string of the molecule is C=CCOc1ccccc1CN=C(NCC)NC1CCCC1. The summed E-state index contributed by atoms with van der Waals surface area (Å²) in [5.41, 5.74) is 1.09. The first-order valence-electron chi connectivity index (χ1n) is 8.20. The molecular formula is C18H27N3O. The first kappa shape index (κ1) is 16.4. The molecule has 0 amide bonds. The Hall–Kier alpha value is -1.97. The predicted octanol–water partition coefficient (Wildman–Crippen LogP) is 3.25. The molecule has 0 saturated heterocycles. The molecule has 22 heavy (non-hydrogen) atoms. The van der Waals surface area contributed by atoms with E-state index >= 15 is 0 Å². The summed E-state index contributed by atoms with van der Waals surface area (Å²) < 4.78 is 5.68. The molecule has 0 heterocycles. The van der Waals surface area contributed by atoms with Crippen molar-refractivity contribution < 1.29 is 4.74 Å². The number of hydrogen-bond donors (Lipinski definition) is 2. The van der Waals surface area contributed by atoms with Crippen molar-refractivity contribution in [3.05, 3.63) is 42.5 Å². The highest BCUT2D eigenvalue weighted by molar-refractivity contribution is 5.80. The van der Waals surface area contributed by atoms with Crippen molar-refractivity contribution in [1.29, 1.82) is 0 Å². The van der Waals surface area contributed by atoms with Crippen LogP contribution in [-0.2, 0) is 6.54 Å². The molecule has 1 fully saturated rings. The van der Waals surface area contributed by atoms with Crippen LogP contribution in [0.2, 0.25) is 0 Å². The molecule has 1 aromatic rings. The van der Waals surface area contributed by atoms with Crippen molar-refractivity contribution in [1.82, 2.24) is 10.6 Å². The van der Waals surface area contributed by atoms with Crippen LogP contribution in [0.5, 0.6) is 5.75 Å². The summed E-state index contributed by atoms with van der Waals surface area (Å²) in [4.78, 5) is 4.70. The van der Waals surface area contributed by atoms with Gasteiger partial charge in [-0.1, -0.05) is 43.7 Å². The van der Waals surface area contributed by atoms with E-state index in [4.69, 9.17) is 9.73 Å². The number of rotatable bonds is 7. The normalized spacial score (nSPS) is 15.6. The van der Waals surface area contributed by atoms with E-state index in [-0.39, 0.29) is 0 Å². The van der Waals surface area contributed by atoms with E-state index in [2.05, 4.69) is 30.2 Å². The molecule has 0 aliphatic heterocycles. The number of para-hydroxylation sites is 1. The lowest BCUT2D eigenvalue weighted by atomic mass is 10.2. The summed E-state index contributed by atoms with van der Waals surface area (Å²) in [6, 6.07) is 8.59. The lowest BCUT2D eigenvalue weighted by molar-refractivity contribution is 0.359. The minimum absolute atomic E-state index is 0.515. The van der Waals surface area contributed by atoms with Crippen LogP contribution in [0.25, 0.3) is 0 Å². The minimum atomic E-state index is 0.515. The summed E-state index contributed by atoms with van der Waals surface area (Å²) in [5.74, 6) is 1.77. The summed E-state index contributed by atoms with van der Waals surface area (Å²) in [5, 5.41) is 6.86. The van der Waals surface area contributed by atoms with Gasteiger partial charge in [-0.25, -0.2) is 4.99 Å². The number of hydrogen-bond acceptors (Lipinski definition) is 2. The molecule has 4 nitrogen and oxygen atoms in total. The van der Waals surface area contributed by atoms with E-state index in [1.54, 1.807) is 6.08 Å². The molecule has 1 aromatic carbocycles. The molecule has 2 rings (SSSR count). The molecule has 0 aromatic heterocycles.